The van der Waals surface area contributed by atoms with Crippen molar-refractivity contribution < 1.29 is 41.9 Å². The molecule has 15 heteroatoms. The Morgan fingerprint density at radius 3 is 2.23 bits per heavy atom. The average Bonchev–Trinajstić information content (AvgIpc) is 3.88. The lowest BCUT2D eigenvalue weighted by atomic mass is 9.85. The fourth-order valence-electron chi connectivity index (χ4n) is 5.64. The summed E-state index contributed by atoms with van der Waals surface area (Å²) in [5.41, 5.74) is -1.96. The summed E-state index contributed by atoms with van der Waals surface area (Å²) in [5.74, 6) is -2.82. The molecule has 1 heterocycles. The quantitative estimate of drug-likeness (QED) is 0.268. The van der Waals surface area contributed by atoms with Gasteiger partial charge in [-0.15, -0.1) is 6.58 Å². The van der Waals surface area contributed by atoms with Crippen molar-refractivity contribution in [2.75, 3.05) is 11.9 Å². The molecule has 48 heavy (non-hydrogen) atoms. The monoisotopic (exact) mass is 689 g/mol. The van der Waals surface area contributed by atoms with E-state index >= 15 is 0 Å². The Hall–Kier alpha value is -4.14. The summed E-state index contributed by atoms with van der Waals surface area (Å²) in [6.07, 6.45) is -0.238. The minimum Gasteiger partial charge on any atom is -0.444 e. The van der Waals surface area contributed by atoms with Crippen LogP contribution in [-0.2, 0) is 33.9 Å². The average molecular weight is 690 g/mol. The molecule has 0 bridgehead atoms. The van der Waals surface area contributed by atoms with Gasteiger partial charge in [-0.1, -0.05) is 45.0 Å². The van der Waals surface area contributed by atoms with Gasteiger partial charge in [-0.3, -0.25) is 24.4 Å². The lowest BCUT2D eigenvalue weighted by molar-refractivity contribution is -0.143. The van der Waals surface area contributed by atoms with Gasteiger partial charge in [-0.2, -0.15) is 0 Å². The number of hydrogen-bond donors (Lipinski definition) is 4. The molecule has 5 atom stereocenters. The molecule has 0 spiro atoms. The van der Waals surface area contributed by atoms with Crippen LogP contribution in [0.4, 0.5) is 15.3 Å². The number of alkyl carbamates (subject to hydrolysis) is 1. The fraction of sp³-hybridized carbons (Fsp3) is 0.606. The number of aryl methyl sites for hydroxylation is 1. The van der Waals surface area contributed by atoms with Crippen molar-refractivity contribution >= 4 is 45.6 Å². The first-order valence-corrected chi connectivity index (χ1v) is 17.6. The zero-order valence-corrected chi connectivity index (χ0v) is 29.4. The summed E-state index contributed by atoms with van der Waals surface area (Å²) < 4.78 is 38.3. The largest absolute Gasteiger partial charge is 0.444 e. The van der Waals surface area contributed by atoms with Gasteiger partial charge in [0.05, 0.1) is 11.8 Å². The maximum atomic E-state index is 14.2. The number of benzene rings is 1. The molecule has 2 aliphatic carbocycles. The number of hydrogen-bond acceptors (Lipinski definition) is 9. The second-order valence-electron chi connectivity index (χ2n) is 14.8. The topological polar surface area (TPSA) is 189 Å². The number of para-hydroxylation sites is 1. The normalized spacial score (nSPS) is 24.5. The van der Waals surface area contributed by atoms with Crippen molar-refractivity contribution in [1.82, 2.24) is 20.3 Å². The summed E-state index contributed by atoms with van der Waals surface area (Å²) in [7, 11) is -3.91. The van der Waals surface area contributed by atoms with E-state index in [1.807, 2.05) is 19.1 Å². The molecule has 4 rings (SSSR count). The van der Waals surface area contributed by atoms with Crippen LogP contribution >= 0.6 is 0 Å². The van der Waals surface area contributed by atoms with Gasteiger partial charge >= 0.3 is 12.2 Å². The third-order valence-corrected chi connectivity index (χ3v) is 10.3. The van der Waals surface area contributed by atoms with E-state index < -0.39 is 85.8 Å². The van der Waals surface area contributed by atoms with Gasteiger partial charge in [0.15, 0.2) is 0 Å². The lowest BCUT2D eigenvalue weighted by Crippen LogP contribution is -2.60. The number of rotatable bonds is 10. The Morgan fingerprint density at radius 2 is 1.69 bits per heavy atom. The summed E-state index contributed by atoms with van der Waals surface area (Å²) in [5, 5.41) is 7.35. The zero-order valence-electron chi connectivity index (χ0n) is 28.5. The Labute approximate surface area is 281 Å². The number of carbonyl (C=O) groups excluding carboxylic acids is 5. The summed E-state index contributed by atoms with van der Waals surface area (Å²) in [6, 6.07) is 4.68. The van der Waals surface area contributed by atoms with Crippen molar-refractivity contribution in [3.63, 3.8) is 0 Å². The van der Waals surface area contributed by atoms with Gasteiger partial charge in [0.1, 0.15) is 29.3 Å². The van der Waals surface area contributed by atoms with Crippen molar-refractivity contribution in [3.8, 4) is 0 Å². The third-order valence-electron chi connectivity index (χ3n) is 8.53. The molecular weight excluding hydrogens is 642 g/mol. The molecule has 4 N–H and O–H groups in total. The zero-order chi connectivity index (χ0) is 35.8. The molecule has 3 fully saturated rings. The van der Waals surface area contributed by atoms with Gasteiger partial charge in [0.25, 0.3) is 5.91 Å². The van der Waals surface area contributed by atoms with E-state index in [4.69, 9.17) is 9.47 Å². The fourth-order valence-corrected chi connectivity index (χ4v) is 7.00. The summed E-state index contributed by atoms with van der Waals surface area (Å²) in [4.78, 5) is 68.5. The van der Waals surface area contributed by atoms with Crippen molar-refractivity contribution in [2.24, 2.45) is 11.3 Å². The number of nitrogens with one attached hydrogen (secondary N) is 4. The molecular formula is C33H47N5O9S. The van der Waals surface area contributed by atoms with E-state index in [1.54, 1.807) is 53.7 Å². The van der Waals surface area contributed by atoms with Gasteiger partial charge in [-0.25, -0.2) is 18.0 Å². The SMILES string of the molecule is C=CC1CC1(NC(=O)[C@@H]1C[C@@H](OC(=O)Nc2ccccc2C)CN1C(=O)[C@@H](NC(=O)OC(C)(C)C)C(C)(C)C)C(=O)NS(=O)(=O)C1CC1. The van der Waals surface area contributed by atoms with E-state index in [2.05, 4.69) is 27.3 Å². The second-order valence-corrected chi connectivity index (χ2v) is 16.8. The minimum atomic E-state index is -3.91. The molecule has 0 radical (unpaired) electrons. The van der Waals surface area contributed by atoms with Crippen LogP contribution in [0.15, 0.2) is 36.9 Å². The highest BCUT2D eigenvalue weighted by atomic mass is 32.2. The van der Waals surface area contributed by atoms with E-state index in [1.165, 1.54) is 11.0 Å². The first-order chi connectivity index (χ1) is 22.2. The van der Waals surface area contributed by atoms with Crippen LogP contribution in [0.5, 0.6) is 0 Å². The molecule has 1 aromatic rings. The third kappa shape index (κ3) is 8.65. The van der Waals surface area contributed by atoms with Crippen LogP contribution in [0.25, 0.3) is 0 Å². The molecule has 1 saturated heterocycles. The van der Waals surface area contributed by atoms with E-state index in [0.29, 0.717) is 18.5 Å². The van der Waals surface area contributed by atoms with Crippen molar-refractivity contribution in [2.45, 2.75) is 109 Å². The molecule has 3 aliphatic rings. The van der Waals surface area contributed by atoms with Gasteiger partial charge in [0.2, 0.25) is 21.8 Å². The molecule has 2 unspecified atom stereocenters. The molecule has 1 aliphatic heterocycles. The number of carbonyl (C=O) groups is 5. The molecule has 264 valence electrons. The highest BCUT2D eigenvalue weighted by molar-refractivity contribution is 7.91. The van der Waals surface area contributed by atoms with Crippen molar-refractivity contribution in [3.05, 3.63) is 42.5 Å². The van der Waals surface area contributed by atoms with Crippen molar-refractivity contribution in [1.29, 1.82) is 0 Å². The first kappa shape index (κ1) is 36.7. The van der Waals surface area contributed by atoms with Crippen LogP contribution in [0.1, 0.15) is 72.8 Å². The van der Waals surface area contributed by atoms with E-state index in [-0.39, 0.29) is 19.4 Å². The Kier molecular flexibility index (Phi) is 10.2. The predicted molar refractivity (Wildman–Crippen MR) is 177 cm³/mol. The Balaban J connectivity index is 1.59. The lowest BCUT2D eigenvalue weighted by Gasteiger charge is -2.36. The first-order valence-electron chi connectivity index (χ1n) is 16.0. The van der Waals surface area contributed by atoms with Crippen LogP contribution in [0.3, 0.4) is 0 Å². The predicted octanol–water partition coefficient (Wildman–Crippen LogP) is 3.12. The van der Waals surface area contributed by atoms with Crippen LogP contribution in [0, 0.1) is 18.3 Å². The molecule has 0 aromatic heterocycles. The number of nitrogens with zero attached hydrogens (tertiary/aromatic N) is 1. The highest BCUT2D eigenvalue weighted by Gasteiger charge is 2.62. The maximum Gasteiger partial charge on any atom is 0.411 e. The molecule has 5 amide bonds. The Morgan fingerprint density at radius 1 is 1.04 bits per heavy atom. The number of amides is 5. The maximum absolute atomic E-state index is 14.2. The van der Waals surface area contributed by atoms with Gasteiger partial charge in [0, 0.05) is 18.0 Å². The number of likely N-dealkylation sites (tertiary alicyclic amines) is 1. The number of sulfonamides is 1. The number of anilines is 1. The molecule has 1 aromatic carbocycles. The Bertz CT molecular complexity index is 1580. The van der Waals surface area contributed by atoms with Gasteiger partial charge in [-0.05, 0) is 64.0 Å². The smallest absolute Gasteiger partial charge is 0.411 e. The van der Waals surface area contributed by atoms with Crippen LogP contribution in [-0.4, -0.2) is 84.3 Å². The standard InChI is InChI=1S/C33H47N5O9S/c1-9-20-17-33(20,28(41)37-48(44,45)22-14-15-22)36-26(39)24-16-21(46-29(42)34-23-13-11-10-12-19(23)2)18-38(24)27(40)25(31(3,4)5)35-30(43)47-32(6,7)8/h9-13,20-22,24-25H,1,14-18H2,2-8H3,(H,34,42)(H,35,43)(H,36,39)(H,37,41)/t20?,21-,24+,25-,33?/m1/s1. The minimum absolute atomic E-state index is 0.110. The summed E-state index contributed by atoms with van der Waals surface area (Å²) in [6.45, 7) is 15.6. The van der Waals surface area contributed by atoms with Gasteiger partial charge < -0.3 is 25.0 Å². The van der Waals surface area contributed by atoms with E-state index in [9.17, 15) is 32.4 Å². The highest BCUT2D eigenvalue weighted by Crippen LogP contribution is 2.45. The van der Waals surface area contributed by atoms with E-state index in [0.717, 1.165) is 5.56 Å². The molecule has 2 saturated carbocycles. The molecule has 14 nitrogen and oxygen atoms in total. The van der Waals surface area contributed by atoms with Crippen LogP contribution < -0.4 is 20.7 Å². The number of ether oxygens (including phenoxy) is 2. The summed E-state index contributed by atoms with van der Waals surface area (Å²) >= 11 is 0. The van der Waals surface area contributed by atoms with Crippen LogP contribution in [0.2, 0.25) is 0 Å². The second kappa shape index (κ2) is 13.4.